The molecule has 1 saturated heterocycles. The van der Waals surface area contributed by atoms with E-state index in [0.717, 1.165) is 13.2 Å². The molecule has 82 valence electrons. The van der Waals surface area contributed by atoms with E-state index in [-0.39, 0.29) is 18.4 Å². The molecule has 4 heteroatoms. The van der Waals surface area contributed by atoms with Gasteiger partial charge in [0, 0.05) is 18.4 Å². The Hall–Kier alpha value is -0.220. The Morgan fingerprint density at radius 1 is 1.14 bits per heavy atom. The van der Waals surface area contributed by atoms with Crippen LogP contribution in [-0.4, -0.2) is 30.7 Å². The number of hydrogen-bond donors (Lipinski definition) is 1. The lowest BCUT2D eigenvalue weighted by molar-refractivity contribution is -0.0689. The Kier molecular flexibility index (Phi) is 2.52. The van der Waals surface area contributed by atoms with Crippen molar-refractivity contribution >= 4 is 0 Å². The normalized spacial score (nSPS) is 31.1. The third-order valence-electron chi connectivity index (χ3n) is 3.28. The minimum Gasteiger partial charge on any atom is -0.378 e. The van der Waals surface area contributed by atoms with Gasteiger partial charge in [-0.2, -0.15) is 0 Å². The molecule has 14 heavy (non-hydrogen) atoms. The summed E-state index contributed by atoms with van der Waals surface area (Å²) in [7, 11) is 0. The molecular formula is C10H17F2NO. The molecule has 0 aromatic carbocycles. The van der Waals surface area contributed by atoms with Gasteiger partial charge in [0.15, 0.2) is 0 Å². The molecule has 1 heterocycles. The minimum atomic E-state index is -2.43. The van der Waals surface area contributed by atoms with Crippen LogP contribution in [0.4, 0.5) is 8.78 Å². The Morgan fingerprint density at radius 3 is 2.14 bits per heavy atom. The smallest absolute Gasteiger partial charge is 0.248 e. The first kappa shape index (κ1) is 10.3. The maximum absolute atomic E-state index is 12.9. The van der Waals surface area contributed by atoms with Crippen molar-refractivity contribution in [2.24, 2.45) is 0 Å². The van der Waals surface area contributed by atoms with Crippen molar-refractivity contribution in [1.82, 2.24) is 5.32 Å². The molecule has 0 radical (unpaired) electrons. The van der Waals surface area contributed by atoms with Crippen LogP contribution in [0, 0.1) is 0 Å². The summed E-state index contributed by atoms with van der Waals surface area (Å²) in [6, 6.07) is 0.381. The number of nitrogens with one attached hydrogen (secondary N) is 1. The van der Waals surface area contributed by atoms with Crippen LogP contribution in [0.25, 0.3) is 0 Å². The molecule has 0 unspecified atom stereocenters. The van der Waals surface area contributed by atoms with Crippen LogP contribution in [0.5, 0.6) is 0 Å². The second-order valence-corrected chi connectivity index (χ2v) is 4.80. The second kappa shape index (κ2) is 3.42. The lowest BCUT2D eigenvalue weighted by Crippen LogP contribution is -2.58. The van der Waals surface area contributed by atoms with Crippen molar-refractivity contribution < 1.29 is 13.5 Å². The zero-order chi connectivity index (χ0) is 10.2. The van der Waals surface area contributed by atoms with E-state index in [1.54, 1.807) is 0 Å². The van der Waals surface area contributed by atoms with E-state index in [9.17, 15) is 8.78 Å². The second-order valence-electron chi connectivity index (χ2n) is 4.80. The molecule has 1 aliphatic heterocycles. The van der Waals surface area contributed by atoms with Gasteiger partial charge in [-0.1, -0.05) is 0 Å². The molecule has 0 aromatic rings. The van der Waals surface area contributed by atoms with Gasteiger partial charge in [0.2, 0.25) is 5.92 Å². The zero-order valence-electron chi connectivity index (χ0n) is 8.48. The topological polar surface area (TPSA) is 21.3 Å². The van der Waals surface area contributed by atoms with Gasteiger partial charge in [0.25, 0.3) is 0 Å². The van der Waals surface area contributed by atoms with Crippen molar-refractivity contribution in [2.45, 2.75) is 50.1 Å². The van der Waals surface area contributed by atoms with Gasteiger partial charge in [-0.15, -0.1) is 0 Å². The fourth-order valence-electron chi connectivity index (χ4n) is 2.12. The molecule has 2 aliphatic rings. The highest BCUT2D eigenvalue weighted by Gasteiger charge is 2.42. The van der Waals surface area contributed by atoms with Crippen LogP contribution in [-0.2, 0) is 4.74 Å². The van der Waals surface area contributed by atoms with Gasteiger partial charge in [-0.05, 0) is 19.8 Å². The number of halogens is 2. The summed E-state index contributed by atoms with van der Waals surface area (Å²) in [4.78, 5) is 0. The maximum Gasteiger partial charge on any atom is 0.248 e. The summed E-state index contributed by atoms with van der Waals surface area (Å²) in [6.07, 6.45) is 1.17. The first-order valence-corrected chi connectivity index (χ1v) is 5.22. The summed E-state index contributed by atoms with van der Waals surface area (Å²) in [6.45, 7) is 3.50. The van der Waals surface area contributed by atoms with Gasteiger partial charge in [0.05, 0.1) is 19.3 Å². The van der Waals surface area contributed by atoms with Crippen LogP contribution in [0.1, 0.15) is 32.6 Å². The van der Waals surface area contributed by atoms with E-state index in [1.165, 1.54) is 0 Å². The van der Waals surface area contributed by atoms with Gasteiger partial charge in [-0.3, -0.25) is 0 Å². The molecule has 0 amide bonds. The zero-order valence-corrected chi connectivity index (χ0v) is 8.48. The number of alkyl halides is 2. The van der Waals surface area contributed by atoms with Crippen molar-refractivity contribution in [3.8, 4) is 0 Å². The molecule has 1 saturated carbocycles. The van der Waals surface area contributed by atoms with Gasteiger partial charge in [-0.25, -0.2) is 8.78 Å². The highest BCUT2D eigenvalue weighted by Crippen LogP contribution is 2.38. The predicted octanol–water partition coefficient (Wildman–Crippen LogP) is 1.94. The largest absolute Gasteiger partial charge is 0.378 e. The maximum atomic E-state index is 12.9. The van der Waals surface area contributed by atoms with Gasteiger partial charge in [0.1, 0.15) is 0 Å². The molecule has 0 aromatic heterocycles. The summed E-state index contributed by atoms with van der Waals surface area (Å²) in [5.74, 6) is -2.43. The van der Waals surface area contributed by atoms with E-state index in [1.807, 2.05) is 6.92 Å². The first-order chi connectivity index (χ1) is 6.49. The highest BCUT2D eigenvalue weighted by molar-refractivity contribution is 4.94. The number of rotatable bonds is 2. The van der Waals surface area contributed by atoms with Crippen molar-refractivity contribution in [1.29, 1.82) is 0 Å². The van der Waals surface area contributed by atoms with E-state index >= 15 is 0 Å². The van der Waals surface area contributed by atoms with Crippen LogP contribution < -0.4 is 5.32 Å². The third kappa shape index (κ3) is 2.23. The van der Waals surface area contributed by atoms with E-state index < -0.39 is 5.92 Å². The predicted molar refractivity (Wildman–Crippen MR) is 49.6 cm³/mol. The molecule has 2 fully saturated rings. The lowest BCUT2D eigenvalue weighted by Gasteiger charge is -2.42. The summed E-state index contributed by atoms with van der Waals surface area (Å²) >= 11 is 0. The Bertz CT molecular complexity index is 206. The number of ether oxygens (including phenoxy) is 1. The molecule has 0 bridgehead atoms. The molecule has 0 atom stereocenters. The van der Waals surface area contributed by atoms with E-state index in [2.05, 4.69) is 5.32 Å². The van der Waals surface area contributed by atoms with Crippen molar-refractivity contribution in [3.05, 3.63) is 0 Å². The van der Waals surface area contributed by atoms with Gasteiger partial charge >= 0.3 is 0 Å². The summed E-state index contributed by atoms with van der Waals surface area (Å²) in [5.41, 5.74) is -0.101. The Balaban J connectivity index is 1.84. The van der Waals surface area contributed by atoms with E-state index in [0.29, 0.717) is 18.9 Å². The monoisotopic (exact) mass is 205 g/mol. The van der Waals surface area contributed by atoms with Gasteiger partial charge < -0.3 is 10.1 Å². The highest BCUT2D eigenvalue weighted by atomic mass is 19.3. The first-order valence-electron chi connectivity index (χ1n) is 5.22. The van der Waals surface area contributed by atoms with Crippen molar-refractivity contribution in [2.75, 3.05) is 13.2 Å². The summed E-state index contributed by atoms with van der Waals surface area (Å²) < 4.78 is 30.9. The van der Waals surface area contributed by atoms with Crippen LogP contribution >= 0.6 is 0 Å². The molecule has 2 nitrogen and oxygen atoms in total. The fourth-order valence-corrected chi connectivity index (χ4v) is 2.12. The Morgan fingerprint density at radius 2 is 1.71 bits per heavy atom. The van der Waals surface area contributed by atoms with Crippen molar-refractivity contribution in [3.63, 3.8) is 0 Å². The van der Waals surface area contributed by atoms with Crippen LogP contribution in [0.2, 0.25) is 0 Å². The van der Waals surface area contributed by atoms with E-state index in [4.69, 9.17) is 4.74 Å². The number of hydrogen-bond acceptors (Lipinski definition) is 2. The molecule has 0 spiro atoms. The summed E-state index contributed by atoms with van der Waals surface area (Å²) in [5, 5.41) is 3.41. The standard InChI is InChI=1S/C10H17F2NO/c1-9(13-8-6-14-7-8)2-4-10(11,12)5-3-9/h8,13H,2-7H2,1H3. The molecule has 2 rings (SSSR count). The lowest BCUT2D eigenvalue weighted by atomic mass is 9.81. The third-order valence-corrected chi connectivity index (χ3v) is 3.28. The average molecular weight is 205 g/mol. The SMILES string of the molecule is CC1(NC2COC2)CCC(F)(F)CC1. The average Bonchev–Trinajstić information content (AvgIpc) is 2.05. The van der Waals surface area contributed by atoms with Crippen LogP contribution in [0.15, 0.2) is 0 Å². The molecule has 1 aliphatic carbocycles. The Labute approximate surface area is 83.0 Å². The fraction of sp³-hybridized carbons (Fsp3) is 1.00. The quantitative estimate of drug-likeness (QED) is 0.744. The minimum absolute atomic E-state index is 0.0179. The molecular weight excluding hydrogens is 188 g/mol. The van der Waals surface area contributed by atoms with Crippen LogP contribution in [0.3, 0.4) is 0 Å². The molecule has 1 N–H and O–H groups in total.